The number of nitrogen functional groups attached to an aromatic ring is 1. The van der Waals surface area contributed by atoms with Crippen LogP contribution in [-0.4, -0.2) is 72.4 Å². The van der Waals surface area contributed by atoms with Crippen LogP contribution in [-0.2, 0) is 14.3 Å². The fourth-order valence-electron chi connectivity index (χ4n) is 3.96. The summed E-state index contributed by atoms with van der Waals surface area (Å²) in [6, 6.07) is 9.04. The van der Waals surface area contributed by atoms with E-state index in [1.54, 1.807) is 31.5 Å². The second-order valence-corrected chi connectivity index (χ2v) is 9.52. The van der Waals surface area contributed by atoms with Gasteiger partial charge in [0.15, 0.2) is 11.5 Å². The van der Waals surface area contributed by atoms with Gasteiger partial charge in [-0.15, -0.1) is 0 Å². The summed E-state index contributed by atoms with van der Waals surface area (Å²) in [5.41, 5.74) is 7.79. The van der Waals surface area contributed by atoms with E-state index in [-0.39, 0.29) is 17.5 Å². The van der Waals surface area contributed by atoms with Gasteiger partial charge < -0.3 is 30.2 Å². The molecule has 0 saturated carbocycles. The van der Waals surface area contributed by atoms with Crippen molar-refractivity contribution in [2.45, 2.75) is 18.9 Å². The first-order valence-electron chi connectivity index (χ1n) is 12.2. The molecule has 12 nitrogen and oxygen atoms in total. The highest BCUT2D eigenvalue weighted by Gasteiger charge is 2.33. The van der Waals surface area contributed by atoms with Crippen molar-refractivity contribution in [2.75, 3.05) is 56.0 Å². The number of amides is 1. The summed E-state index contributed by atoms with van der Waals surface area (Å²) < 4.78 is 19.0. The minimum Gasteiger partial charge on any atom is -0.494 e. The summed E-state index contributed by atoms with van der Waals surface area (Å²) in [7, 11) is 1.35. The van der Waals surface area contributed by atoms with Crippen molar-refractivity contribution >= 4 is 51.9 Å². The van der Waals surface area contributed by atoms with Crippen LogP contribution in [0.5, 0.6) is 5.75 Å². The smallest absolute Gasteiger partial charge is 0.326 e. The monoisotopic (exact) mass is 647 g/mol. The molecule has 0 bridgehead atoms. The molecule has 1 saturated heterocycles. The number of nitrogens with two attached hydrogens (primary N) is 1. The highest BCUT2D eigenvalue weighted by molar-refractivity contribution is 14.1. The number of nitrogens with one attached hydrogen (secondary N) is 2. The van der Waals surface area contributed by atoms with E-state index in [0.717, 1.165) is 11.3 Å². The lowest BCUT2D eigenvalue weighted by Crippen LogP contribution is -2.46. The van der Waals surface area contributed by atoms with Crippen molar-refractivity contribution in [2.24, 2.45) is 0 Å². The number of methoxy groups -OCH3 is 1. The minimum absolute atomic E-state index is 0.0120. The molecule has 4 rings (SSSR count). The Hall–Kier alpha value is -3.56. The first-order chi connectivity index (χ1) is 18.8. The topological polar surface area (TPSA) is 154 Å². The fraction of sp³-hybridized carbons (Fsp3) is 0.346. The number of benzene rings is 1. The van der Waals surface area contributed by atoms with E-state index in [0.29, 0.717) is 56.5 Å². The van der Waals surface area contributed by atoms with Crippen LogP contribution in [0.1, 0.15) is 23.8 Å². The maximum Gasteiger partial charge on any atom is 0.326 e. The van der Waals surface area contributed by atoms with Crippen molar-refractivity contribution in [3.05, 3.63) is 54.6 Å². The number of nitrogens with zero attached hydrogens (tertiary/aromatic N) is 4. The van der Waals surface area contributed by atoms with Crippen LogP contribution < -0.4 is 24.2 Å². The van der Waals surface area contributed by atoms with Gasteiger partial charge in [0.25, 0.3) is 5.91 Å². The molecule has 206 valence electrons. The van der Waals surface area contributed by atoms with E-state index >= 15 is 0 Å². The molecular weight excluding hydrogens is 617 g/mol. The van der Waals surface area contributed by atoms with Crippen LogP contribution in [0.15, 0.2) is 48.9 Å². The zero-order valence-electron chi connectivity index (χ0n) is 21.6. The standard InChI is InChI=1S/C26H30IN7O5/c1-26(33-27,25(36)37-2)8-12-39-18-5-3-17(4-6-18)19-16-30-23(28)22(31-19)24(35)32-20-15-29-9-7-21(20)34-10-13-38-14-11-34/h3-7,9,15-16,33H,8,10-14H2,1-2H3,(H2,28,30)(H,32,35)/t26-/m0/s1. The van der Waals surface area contributed by atoms with Gasteiger partial charge in [0, 0.05) is 54.1 Å². The highest BCUT2D eigenvalue weighted by Crippen LogP contribution is 2.27. The van der Waals surface area contributed by atoms with E-state index < -0.39 is 11.4 Å². The Bertz CT molecular complexity index is 1300. The Morgan fingerprint density at radius 1 is 1.18 bits per heavy atom. The number of hydrogen-bond acceptors (Lipinski definition) is 11. The van der Waals surface area contributed by atoms with Gasteiger partial charge in [-0.1, -0.05) is 0 Å². The zero-order valence-corrected chi connectivity index (χ0v) is 23.8. The van der Waals surface area contributed by atoms with Gasteiger partial charge in [-0.05, 0) is 37.3 Å². The van der Waals surface area contributed by atoms with Crippen LogP contribution in [0.4, 0.5) is 17.2 Å². The van der Waals surface area contributed by atoms with Gasteiger partial charge in [-0.2, -0.15) is 0 Å². The third-order valence-corrected chi connectivity index (χ3v) is 7.47. The third-order valence-electron chi connectivity index (χ3n) is 6.28. The lowest BCUT2D eigenvalue weighted by molar-refractivity contribution is -0.147. The van der Waals surface area contributed by atoms with Gasteiger partial charge in [0.2, 0.25) is 0 Å². The Morgan fingerprint density at radius 3 is 2.62 bits per heavy atom. The fourth-order valence-corrected chi connectivity index (χ4v) is 4.45. The first kappa shape index (κ1) is 28.4. The highest BCUT2D eigenvalue weighted by atomic mass is 127. The molecule has 0 radical (unpaired) electrons. The van der Waals surface area contributed by atoms with E-state index in [9.17, 15) is 9.59 Å². The second-order valence-electron chi connectivity index (χ2n) is 8.98. The predicted molar refractivity (Wildman–Crippen MR) is 155 cm³/mol. The Kier molecular flexibility index (Phi) is 9.48. The Labute approximate surface area is 240 Å². The second kappa shape index (κ2) is 13.0. The van der Waals surface area contributed by atoms with Gasteiger partial charge in [-0.25, -0.2) is 13.5 Å². The number of carbonyl (C=O) groups is 2. The molecule has 39 heavy (non-hydrogen) atoms. The van der Waals surface area contributed by atoms with Crippen LogP contribution >= 0.6 is 22.9 Å². The lowest BCUT2D eigenvalue weighted by Gasteiger charge is -2.30. The van der Waals surface area contributed by atoms with Crippen molar-refractivity contribution in [3.63, 3.8) is 0 Å². The number of aromatic nitrogens is 3. The van der Waals surface area contributed by atoms with Crippen molar-refractivity contribution in [3.8, 4) is 17.0 Å². The summed E-state index contributed by atoms with van der Waals surface area (Å²) in [6.07, 6.45) is 5.20. The number of morpholine rings is 1. The largest absolute Gasteiger partial charge is 0.494 e. The maximum absolute atomic E-state index is 13.2. The van der Waals surface area contributed by atoms with Gasteiger partial charge in [0.1, 0.15) is 11.3 Å². The van der Waals surface area contributed by atoms with E-state index in [1.807, 2.05) is 41.1 Å². The minimum atomic E-state index is -0.857. The SMILES string of the molecule is COC(=O)[C@](C)(CCOc1ccc(-c2cnc(N)c(C(=O)Nc3cnccc3N3CCOCC3)n2)cc1)NI. The Balaban J connectivity index is 1.44. The lowest BCUT2D eigenvalue weighted by atomic mass is 10.0. The molecule has 4 N–H and O–H groups in total. The number of ether oxygens (including phenoxy) is 3. The Morgan fingerprint density at radius 2 is 1.92 bits per heavy atom. The molecule has 0 spiro atoms. The van der Waals surface area contributed by atoms with Gasteiger partial charge in [0.05, 0.1) is 56.4 Å². The maximum atomic E-state index is 13.2. The predicted octanol–water partition coefficient (Wildman–Crippen LogP) is 2.85. The van der Waals surface area contributed by atoms with E-state index in [1.165, 1.54) is 13.3 Å². The number of carbonyl (C=O) groups excluding carboxylic acids is 2. The first-order valence-corrected chi connectivity index (χ1v) is 13.3. The van der Waals surface area contributed by atoms with Crippen LogP contribution in [0.25, 0.3) is 11.3 Å². The molecule has 3 aromatic rings. The average molecular weight is 647 g/mol. The number of rotatable bonds is 10. The summed E-state index contributed by atoms with van der Waals surface area (Å²) in [5, 5.41) is 2.88. The molecular formula is C26H30IN7O5. The summed E-state index contributed by atoms with van der Waals surface area (Å²) in [5.74, 6) is -0.209. The van der Waals surface area contributed by atoms with Crippen LogP contribution in [0.3, 0.4) is 0 Å². The molecule has 13 heteroatoms. The van der Waals surface area contributed by atoms with Gasteiger partial charge >= 0.3 is 5.97 Å². The number of halogens is 1. The molecule has 1 fully saturated rings. The molecule has 2 aromatic heterocycles. The van der Waals surface area contributed by atoms with E-state index in [4.69, 9.17) is 19.9 Å². The van der Waals surface area contributed by atoms with Gasteiger partial charge in [-0.3, -0.25) is 14.6 Å². The summed E-state index contributed by atoms with van der Waals surface area (Å²) >= 11 is 1.93. The van der Waals surface area contributed by atoms with Crippen molar-refractivity contribution in [1.82, 2.24) is 18.5 Å². The summed E-state index contributed by atoms with van der Waals surface area (Å²) in [6.45, 7) is 4.70. The zero-order chi connectivity index (χ0) is 27.8. The number of pyridine rings is 1. The number of esters is 1. The number of anilines is 3. The number of hydrogen-bond donors (Lipinski definition) is 3. The van der Waals surface area contributed by atoms with Crippen molar-refractivity contribution in [1.29, 1.82) is 0 Å². The molecule has 1 atom stereocenters. The van der Waals surface area contributed by atoms with Crippen molar-refractivity contribution < 1.29 is 23.8 Å². The van der Waals surface area contributed by atoms with Crippen LogP contribution in [0.2, 0.25) is 0 Å². The normalized spacial score (nSPS) is 14.8. The molecule has 3 heterocycles. The quantitative estimate of drug-likeness (QED) is 0.169. The molecule has 1 aliphatic rings. The van der Waals surface area contributed by atoms with E-state index in [2.05, 4.69) is 28.7 Å². The summed E-state index contributed by atoms with van der Waals surface area (Å²) in [4.78, 5) is 40.1. The molecule has 0 unspecified atom stereocenters. The van der Waals surface area contributed by atoms with Crippen LogP contribution in [0, 0.1) is 0 Å². The molecule has 1 amide bonds. The molecule has 1 aliphatic heterocycles. The third kappa shape index (κ3) is 6.91. The average Bonchev–Trinajstić information content (AvgIpc) is 2.98. The molecule has 0 aliphatic carbocycles. The molecule has 1 aromatic carbocycles.